The van der Waals surface area contributed by atoms with Gasteiger partial charge in [0.2, 0.25) is 0 Å². The van der Waals surface area contributed by atoms with Crippen LogP contribution in [0, 0.1) is 0 Å². The van der Waals surface area contributed by atoms with E-state index >= 15 is 0 Å². The highest BCUT2D eigenvalue weighted by molar-refractivity contribution is 5.68. The zero-order chi connectivity index (χ0) is 15.2. The van der Waals surface area contributed by atoms with Crippen molar-refractivity contribution in [2.75, 3.05) is 17.7 Å². The summed E-state index contributed by atoms with van der Waals surface area (Å²) < 4.78 is 0. The van der Waals surface area contributed by atoms with E-state index in [1.807, 2.05) is 49.8 Å². The molecule has 0 aliphatic carbocycles. The van der Waals surface area contributed by atoms with E-state index in [9.17, 15) is 0 Å². The first kappa shape index (κ1) is 14.1. The number of nitrogens with zero attached hydrogens (tertiary/aromatic N) is 2. The lowest BCUT2D eigenvalue weighted by molar-refractivity contribution is 1.14. The van der Waals surface area contributed by atoms with Crippen LogP contribution in [0.2, 0.25) is 0 Å². The molecule has 0 spiro atoms. The zero-order valence-electron chi connectivity index (χ0n) is 12.5. The van der Waals surface area contributed by atoms with Crippen molar-refractivity contribution in [1.29, 1.82) is 0 Å². The van der Waals surface area contributed by atoms with Crippen LogP contribution < -0.4 is 10.6 Å². The molecule has 0 fully saturated rings. The van der Waals surface area contributed by atoms with Crippen molar-refractivity contribution >= 4 is 11.5 Å². The number of anilines is 2. The molecule has 0 aliphatic rings. The van der Waals surface area contributed by atoms with Crippen LogP contribution in [-0.4, -0.2) is 17.0 Å². The second-order valence-electron chi connectivity index (χ2n) is 4.98. The van der Waals surface area contributed by atoms with Gasteiger partial charge in [0.05, 0.1) is 5.69 Å². The molecule has 4 heteroatoms. The van der Waals surface area contributed by atoms with Gasteiger partial charge in [-0.05, 0) is 29.3 Å². The average Bonchev–Trinajstić information content (AvgIpc) is 2.61. The molecule has 0 unspecified atom stereocenters. The van der Waals surface area contributed by atoms with Crippen LogP contribution >= 0.6 is 0 Å². The van der Waals surface area contributed by atoms with Gasteiger partial charge in [0, 0.05) is 37.7 Å². The molecule has 2 heterocycles. The highest BCUT2D eigenvalue weighted by atomic mass is 14.9. The summed E-state index contributed by atoms with van der Waals surface area (Å²) in [6.07, 6.45) is 5.50. The van der Waals surface area contributed by atoms with Crippen LogP contribution in [-0.2, 0) is 6.54 Å². The Bertz CT molecular complexity index is 741. The smallest absolute Gasteiger partial charge is 0.126 e. The first-order chi connectivity index (χ1) is 10.8. The van der Waals surface area contributed by atoms with Crippen molar-refractivity contribution in [2.45, 2.75) is 6.54 Å². The lowest BCUT2D eigenvalue weighted by Gasteiger charge is -2.09. The molecule has 2 N–H and O–H groups in total. The van der Waals surface area contributed by atoms with E-state index in [2.05, 4.69) is 38.8 Å². The minimum Gasteiger partial charge on any atom is -0.380 e. The number of benzene rings is 1. The Kier molecular flexibility index (Phi) is 4.30. The fraction of sp³-hybridized carbons (Fsp3) is 0.111. The second-order valence-corrected chi connectivity index (χ2v) is 4.98. The van der Waals surface area contributed by atoms with Gasteiger partial charge in [-0.2, -0.15) is 0 Å². The van der Waals surface area contributed by atoms with Crippen molar-refractivity contribution in [2.24, 2.45) is 0 Å². The second kappa shape index (κ2) is 6.72. The van der Waals surface area contributed by atoms with Gasteiger partial charge in [0.1, 0.15) is 5.82 Å². The predicted molar refractivity (Wildman–Crippen MR) is 90.8 cm³/mol. The van der Waals surface area contributed by atoms with Gasteiger partial charge in [-0.3, -0.25) is 4.98 Å². The number of rotatable bonds is 5. The normalized spacial score (nSPS) is 10.2. The summed E-state index contributed by atoms with van der Waals surface area (Å²) in [5.41, 5.74) is 4.41. The van der Waals surface area contributed by atoms with Crippen molar-refractivity contribution < 1.29 is 0 Å². The van der Waals surface area contributed by atoms with E-state index in [0.717, 1.165) is 29.2 Å². The van der Waals surface area contributed by atoms with E-state index in [4.69, 9.17) is 0 Å². The lowest BCUT2D eigenvalue weighted by atomic mass is 10.1. The molecule has 110 valence electrons. The maximum atomic E-state index is 4.33. The molecule has 0 amide bonds. The summed E-state index contributed by atoms with van der Waals surface area (Å²) in [4.78, 5) is 8.56. The first-order valence-corrected chi connectivity index (χ1v) is 7.22. The van der Waals surface area contributed by atoms with Gasteiger partial charge in [0.15, 0.2) is 0 Å². The summed E-state index contributed by atoms with van der Waals surface area (Å²) >= 11 is 0. The SMILES string of the molecule is CNc1cc(-c2cncc(NCc3ccccc3)c2)ccn1. The van der Waals surface area contributed by atoms with Crippen molar-refractivity contribution in [1.82, 2.24) is 9.97 Å². The maximum Gasteiger partial charge on any atom is 0.126 e. The van der Waals surface area contributed by atoms with Crippen molar-refractivity contribution in [3.8, 4) is 11.1 Å². The largest absolute Gasteiger partial charge is 0.380 e. The first-order valence-electron chi connectivity index (χ1n) is 7.22. The Balaban J connectivity index is 1.77. The summed E-state index contributed by atoms with van der Waals surface area (Å²) in [6, 6.07) is 16.4. The lowest BCUT2D eigenvalue weighted by Crippen LogP contribution is -1.99. The molecule has 3 aromatic rings. The maximum absolute atomic E-state index is 4.33. The van der Waals surface area contributed by atoms with Gasteiger partial charge in [0.25, 0.3) is 0 Å². The van der Waals surface area contributed by atoms with Crippen LogP contribution in [0.5, 0.6) is 0 Å². The third-order valence-electron chi connectivity index (χ3n) is 3.43. The quantitative estimate of drug-likeness (QED) is 0.750. The van der Waals surface area contributed by atoms with Gasteiger partial charge in [-0.15, -0.1) is 0 Å². The number of aromatic nitrogens is 2. The van der Waals surface area contributed by atoms with Gasteiger partial charge < -0.3 is 10.6 Å². The van der Waals surface area contributed by atoms with Crippen molar-refractivity contribution in [3.63, 3.8) is 0 Å². The molecule has 0 bridgehead atoms. The monoisotopic (exact) mass is 290 g/mol. The Labute approximate surface area is 130 Å². The molecular formula is C18H18N4. The number of hydrogen-bond donors (Lipinski definition) is 2. The number of nitrogens with one attached hydrogen (secondary N) is 2. The van der Waals surface area contributed by atoms with Gasteiger partial charge in [-0.25, -0.2) is 4.98 Å². The molecule has 0 aliphatic heterocycles. The minimum atomic E-state index is 0.782. The predicted octanol–water partition coefficient (Wildman–Crippen LogP) is 3.80. The number of hydrogen-bond acceptors (Lipinski definition) is 4. The zero-order valence-corrected chi connectivity index (χ0v) is 12.5. The third-order valence-corrected chi connectivity index (χ3v) is 3.43. The van der Waals surface area contributed by atoms with E-state index in [-0.39, 0.29) is 0 Å². The van der Waals surface area contributed by atoms with Crippen LogP contribution in [0.4, 0.5) is 11.5 Å². The molecule has 0 radical (unpaired) electrons. The summed E-state index contributed by atoms with van der Waals surface area (Å²) in [5, 5.41) is 6.46. The fourth-order valence-corrected chi connectivity index (χ4v) is 2.24. The van der Waals surface area contributed by atoms with E-state index < -0.39 is 0 Å². The Morgan fingerprint density at radius 1 is 0.955 bits per heavy atom. The fourth-order valence-electron chi connectivity index (χ4n) is 2.24. The topological polar surface area (TPSA) is 49.8 Å². The molecule has 1 aromatic carbocycles. The van der Waals surface area contributed by atoms with Crippen LogP contribution in [0.25, 0.3) is 11.1 Å². The molecule has 22 heavy (non-hydrogen) atoms. The molecular weight excluding hydrogens is 272 g/mol. The Morgan fingerprint density at radius 3 is 2.64 bits per heavy atom. The minimum absolute atomic E-state index is 0.782. The van der Waals surface area contributed by atoms with E-state index in [0.29, 0.717) is 0 Å². The Hall–Kier alpha value is -2.88. The van der Waals surface area contributed by atoms with Gasteiger partial charge >= 0.3 is 0 Å². The molecule has 0 saturated heterocycles. The highest BCUT2D eigenvalue weighted by Gasteiger charge is 2.02. The van der Waals surface area contributed by atoms with Crippen LogP contribution in [0.15, 0.2) is 67.1 Å². The number of pyridine rings is 2. The summed E-state index contributed by atoms with van der Waals surface area (Å²) in [7, 11) is 1.86. The molecule has 2 aromatic heterocycles. The van der Waals surface area contributed by atoms with E-state index in [1.54, 1.807) is 6.20 Å². The van der Waals surface area contributed by atoms with Gasteiger partial charge in [-0.1, -0.05) is 30.3 Å². The summed E-state index contributed by atoms with van der Waals surface area (Å²) in [6.45, 7) is 0.782. The molecule has 0 atom stereocenters. The van der Waals surface area contributed by atoms with Crippen molar-refractivity contribution in [3.05, 3.63) is 72.7 Å². The molecule has 3 rings (SSSR count). The van der Waals surface area contributed by atoms with E-state index in [1.165, 1.54) is 5.56 Å². The summed E-state index contributed by atoms with van der Waals surface area (Å²) in [5.74, 6) is 0.847. The Morgan fingerprint density at radius 2 is 1.82 bits per heavy atom. The molecule has 0 saturated carbocycles. The molecule has 4 nitrogen and oxygen atoms in total. The standard InChI is InChI=1S/C18H18N4/c1-19-18-10-15(7-8-21-18)16-9-17(13-20-12-16)22-11-14-5-3-2-4-6-14/h2-10,12-13,22H,11H2,1H3,(H,19,21). The average molecular weight is 290 g/mol. The van der Waals surface area contributed by atoms with Crippen LogP contribution in [0.1, 0.15) is 5.56 Å². The highest BCUT2D eigenvalue weighted by Crippen LogP contribution is 2.23. The van der Waals surface area contributed by atoms with Crippen LogP contribution in [0.3, 0.4) is 0 Å². The third kappa shape index (κ3) is 3.41.